The molecular formula is C32H38N4O7S. The Bertz CT molecular complexity index is 1590. The molecule has 1 atom stereocenters. The van der Waals surface area contributed by atoms with Gasteiger partial charge >= 0.3 is 0 Å². The van der Waals surface area contributed by atoms with Crippen LogP contribution in [-0.2, 0) is 34.7 Å². The van der Waals surface area contributed by atoms with E-state index in [9.17, 15) is 27.9 Å². The van der Waals surface area contributed by atoms with Crippen LogP contribution in [0.15, 0.2) is 59.0 Å². The Morgan fingerprint density at radius 2 is 1.59 bits per heavy atom. The highest BCUT2D eigenvalue weighted by atomic mass is 32.2. The van der Waals surface area contributed by atoms with E-state index in [1.165, 1.54) is 38.4 Å². The Hall–Kier alpha value is -3.58. The van der Waals surface area contributed by atoms with Crippen LogP contribution in [0.1, 0.15) is 43.7 Å². The van der Waals surface area contributed by atoms with Gasteiger partial charge in [-0.2, -0.15) is 4.31 Å². The molecular weight excluding hydrogens is 584 g/mol. The highest BCUT2D eigenvalue weighted by molar-refractivity contribution is 7.89. The molecule has 44 heavy (non-hydrogen) atoms. The van der Waals surface area contributed by atoms with Gasteiger partial charge in [-0.1, -0.05) is 24.6 Å². The summed E-state index contributed by atoms with van der Waals surface area (Å²) in [6, 6.07) is 12.7. The van der Waals surface area contributed by atoms with Crippen molar-refractivity contribution < 1.29 is 32.6 Å². The first-order chi connectivity index (χ1) is 21.2. The predicted octanol–water partition coefficient (Wildman–Crippen LogP) is 2.53. The van der Waals surface area contributed by atoms with Crippen LogP contribution in [0.5, 0.6) is 0 Å². The highest BCUT2D eigenvalue weighted by Crippen LogP contribution is 2.53. The van der Waals surface area contributed by atoms with Crippen molar-refractivity contribution >= 4 is 39.1 Å². The molecule has 11 nitrogen and oxygen atoms in total. The number of nitrogens with zero attached hydrogens (tertiary/aromatic N) is 4. The maximum Gasteiger partial charge on any atom is 0.296 e. The summed E-state index contributed by atoms with van der Waals surface area (Å²) >= 11 is 0. The second kappa shape index (κ2) is 12.1. The number of Topliss-reactive ketones (excluding diaryl/α,β-unsaturated/α-hetero) is 1. The van der Waals surface area contributed by atoms with Crippen molar-refractivity contribution in [2.75, 3.05) is 63.9 Å². The smallest absolute Gasteiger partial charge is 0.296 e. The normalized spacial score (nSPS) is 24.4. The molecule has 0 aliphatic carbocycles. The van der Waals surface area contributed by atoms with Crippen molar-refractivity contribution in [1.29, 1.82) is 0 Å². The number of likely N-dealkylation sites (tertiary alicyclic amines) is 1. The SMILES string of the molecule is CCN1C(=O)C2(/C(=C(/O)c3ccc(S(=O)(=O)N4CCCCC4)cc3)C(=O)C(=O)N2CCCN2CCOCC2)c2ccccc21. The van der Waals surface area contributed by atoms with Gasteiger partial charge in [-0.3, -0.25) is 19.3 Å². The van der Waals surface area contributed by atoms with E-state index in [0.717, 1.165) is 32.4 Å². The summed E-state index contributed by atoms with van der Waals surface area (Å²) in [5, 5.41) is 11.8. The van der Waals surface area contributed by atoms with Gasteiger partial charge in [0.1, 0.15) is 5.76 Å². The number of hydrogen-bond donors (Lipinski definition) is 1. The number of rotatable bonds is 8. The number of hydrogen-bond acceptors (Lipinski definition) is 8. The summed E-state index contributed by atoms with van der Waals surface area (Å²) < 4.78 is 33.3. The lowest BCUT2D eigenvalue weighted by Gasteiger charge is -2.35. The number of amides is 2. The van der Waals surface area contributed by atoms with Gasteiger partial charge in [-0.25, -0.2) is 8.42 Å². The van der Waals surface area contributed by atoms with Crippen LogP contribution in [-0.4, -0.2) is 104 Å². The number of carbonyl (C=O) groups excluding carboxylic acids is 3. The number of anilines is 1. The lowest BCUT2D eigenvalue weighted by atomic mass is 9.82. The number of fused-ring (bicyclic) bond motifs is 2. The van der Waals surface area contributed by atoms with Gasteiger partial charge in [0.2, 0.25) is 10.0 Å². The molecule has 0 saturated carbocycles. The Labute approximate surface area is 257 Å². The maximum atomic E-state index is 14.4. The fourth-order valence-electron chi connectivity index (χ4n) is 6.94. The van der Waals surface area contributed by atoms with Crippen LogP contribution in [0.2, 0.25) is 0 Å². The van der Waals surface area contributed by atoms with Gasteiger partial charge in [-0.05, 0) is 56.5 Å². The number of sulfonamides is 1. The molecule has 2 aromatic carbocycles. The molecule has 4 heterocycles. The van der Waals surface area contributed by atoms with E-state index in [1.807, 2.05) is 6.92 Å². The van der Waals surface area contributed by atoms with Crippen LogP contribution in [0.4, 0.5) is 5.69 Å². The zero-order valence-electron chi connectivity index (χ0n) is 24.9. The minimum absolute atomic E-state index is 0.0775. The summed E-state index contributed by atoms with van der Waals surface area (Å²) in [5.74, 6) is -2.78. The molecule has 1 spiro atoms. The van der Waals surface area contributed by atoms with E-state index in [1.54, 1.807) is 24.3 Å². The zero-order chi connectivity index (χ0) is 31.1. The number of ether oxygens (including phenoxy) is 1. The van der Waals surface area contributed by atoms with Crippen LogP contribution < -0.4 is 4.90 Å². The second-order valence-corrected chi connectivity index (χ2v) is 13.5. The number of morpholine rings is 1. The van der Waals surface area contributed by atoms with Crippen LogP contribution >= 0.6 is 0 Å². The molecule has 3 fully saturated rings. The Morgan fingerprint density at radius 1 is 0.909 bits per heavy atom. The molecule has 12 heteroatoms. The third-order valence-electron chi connectivity index (χ3n) is 9.17. The molecule has 4 aliphatic heterocycles. The van der Waals surface area contributed by atoms with Crippen molar-refractivity contribution in [2.45, 2.75) is 43.0 Å². The molecule has 3 saturated heterocycles. The van der Waals surface area contributed by atoms with Gasteiger partial charge in [0.15, 0.2) is 5.54 Å². The zero-order valence-corrected chi connectivity index (χ0v) is 25.7. The molecule has 2 aromatic rings. The number of aliphatic hydroxyl groups excluding tert-OH is 1. The third-order valence-corrected chi connectivity index (χ3v) is 11.1. The molecule has 0 bridgehead atoms. The lowest BCUT2D eigenvalue weighted by Crippen LogP contribution is -2.52. The molecule has 6 rings (SSSR count). The summed E-state index contributed by atoms with van der Waals surface area (Å²) in [6.45, 7) is 6.59. The van der Waals surface area contributed by atoms with E-state index in [2.05, 4.69) is 4.90 Å². The van der Waals surface area contributed by atoms with Gasteiger partial charge in [0.05, 0.1) is 29.4 Å². The van der Waals surface area contributed by atoms with E-state index in [-0.39, 0.29) is 22.6 Å². The molecule has 1 N–H and O–H groups in total. The molecule has 4 aliphatic rings. The number of benzene rings is 2. The summed E-state index contributed by atoms with van der Waals surface area (Å²) in [5.41, 5.74) is -0.950. The van der Waals surface area contributed by atoms with Gasteiger partial charge < -0.3 is 19.6 Å². The lowest BCUT2D eigenvalue weighted by molar-refractivity contribution is -0.143. The van der Waals surface area contributed by atoms with E-state index >= 15 is 0 Å². The second-order valence-electron chi connectivity index (χ2n) is 11.6. The van der Waals surface area contributed by atoms with Crippen LogP contribution in [0.3, 0.4) is 0 Å². The number of likely N-dealkylation sites (N-methyl/N-ethyl adjacent to an activating group) is 1. The predicted molar refractivity (Wildman–Crippen MR) is 163 cm³/mol. The largest absolute Gasteiger partial charge is 0.507 e. The topological polar surface area (TPSA) is 128 Å². The Morgan fingerprint density at radius 3 is 2.27 bits per heavy atom. The summed E-state index contributed by atoms with van der Waals surface area (Å²) in [4.78, 5) is 47.2. The van der Waals surface area contributed by atoms with Gasteiger partial charge in [-0.15, -0.1) is 0 Å². The first-order valence-electron chi connectivity index (χ1n) is 15.3. The fraction of sp³-hybridized carbons (Fsp3) is 0.469. The van der Waals surface area contributed by atoms with Crippen molar-refractivity contribution in [3.05, 3.63) is 65.2 Å². The standard InChI is InChI=1S/C32H38N4O7S/c1-2-35-26-10-5-4-9-25(26)32(31(35)40)27(29(38)30(39)36(32)18-8-15-33-19-21-43-22-20-33)28(37)23-11-13-24(14-12-23)44(41,42)34-16-6-3-7-17-34/h4-5,9-14,37H,2-3,6-8,15-22H2,1H3/b28-27+. The van der Waals surface area contributed by atoms with Gasteiger partial charge in [0.25, 0.3) is 17.6 Å². The quantitative estimate of drug-likeness (QED) is 0.270. The third kappa shape index (κ3) is 4.84. The molecule has 1 unspecified atom stereocenters. The molecule has 2 amide bonds. The van der Waals surface area contributed by atoms with E-state index in [4.69, 9.17) is 4.74 Å². The van der Waals surface area contributed by atoms with Crippen LogP contribution in [0.25, 0.3) is 5.76 Å². The molecule has 0 radical (unpaired) electrons. The highest BCUT2D eigenvalue weighted by Gasteiger charge is 2.66. The Kier molecular flexibility index (Phi) is 8.35. The number of aliphatic hydroxyl groups is 1. The number of carbonyl (C=O) groups is 3. The fourth-order valence-corrected chi connectivity index (χ4v) is 8.46. The van der Waals surface area contributed by atoms with E-state index < -0.39 is 38.9 Å². The summed E-state index contributed by atoms with van der Waals surface area (Å²) in [6.07, 6.45) is 3.10. The first-order valence-corrected chi connectivity index (χ1v) is 16.8. The summed E-state index contributed by atoms with van der Waals surface area (Å²) in [7, 11) is -3.72. The Balaban J connectivity index is 1.42. The van der Waals surface area contributed by atoms with Crippen molar-refractivity contribution in [2.24, 2.45) is 0 Å². The number of para-hydroxylation sites is 1. The van der Waals surface area contributed by atoms with Crippen molar-refractivity contribution in [3.63, 3.8) is 0 Å². The maximum absolute atomic E-state index is 14.4. The number of piperidine rings is 1. The van der Waals surface area contributed by atoms with Crippen molar-refractivity contribution in [3.8, 4) is 0 Å². The van der Waals surface area contributed by atoms with E-state index in [0.29, 0.717) is 57.1 Å². The monoisotopic (exact) mass is 622 g/mol. The van der Waals surface area contributed by atoms with Crippen LogP contribution in [0, 0.1) is 0 Å². The number of ketones is 1. The first kappa shape index (κ1) is 30.4. The minimum Gasteiger partial charge on any atom is -0.507 e. The molecule has 234 valence electrons. The average Bonchev–Trinajstić information content (AvgIpc) is 3.43. The molecule has 0 aromatic heterocycles. The average molecular weight is 623 g/mol. The minimum atomic E-state index is -3.72. The van der Waals surface area contributed by atoms with Crippen molar-refractivity contribution in [1.82, 2.24) is 14.1 Å². The van der Waals surface area contributed by atoms with Gasteiger partial charge in [0, 0.05) is 56.9 Å².